The van der Waals surface area contributed by atoms with E-state index in [0.29, 0.717) is 0 Å². The van der Waals surface area contributed by atoms with Crippen molar-refractivity contribution in [3.05, 3.63) is 35.4 Å². The third-order valence-electron chi connectivity index (χ3n) is 4.48. The minimum absolute atomic E-state index is 0.779. The molecule has 0 radical (unpaired) electrons. The lowest BCUT2D eigenvalue weighted by atomic mass is 10.1. The van der Waals surface area contributed by atoms with E-state index in [9.17, 15) is 0 Å². The SMILES string of the molecule is CCN(C)Cc1cccc(CNC(=NC)NCCCOCC2CC2)c1. The fraction of sp³-hybridized carbons (Fsp3) is 0.650. The fourth-order valence-corrected chi connectivity index (χ4v) is 2.58. The van der Waals surface area contributed by atoms with Gasteiger partial charge in [0.1, 0.15) is 0 Å². The molecule has 2 N–H and O–H groups in total. The molecule has 1 aromatic rings. The molecular weight excluding hydrogens is 312 g/mol. The van der Waals surface area contributed by atoms with Crippen molar-refractivity contribution >= 4 is 5.96 Å². The summed E-state index contributed by atoms with van der Waals surface area (Å²) in [4.78, 5) is 6.59. The van der Waals surface area contributed by atoms with Gasteiger partial charge in [-0.15, -0.1) is 0 Å². The van der Waals surface area contributed by atoms with Crippen LogP contribution in [0.25, 0.3) is 0 Å². The van der Waals surface area contributed by atoms with Crippen molar-refractivity contribution < 1.29 is 4.74 Å². The van der Waals surface area contributed by atoms with Crippen molar-refractivity contribution in [3.63, 3.8) is 0 Å². The van der Waals surface area contributed by atoms with Crippen molar-refractivity contribution in [2.45, 2.75) is 39.3 Å². The van der Waals surface area contributed by atoms with E-state index < -0.39 is 0 Å². The Labute approximate surface area is 152 Å². The van der Waals surface area contributed by atoms with Crippen LogP contribution in [0.4, 0.5) is 0 Å². The van der Waals surface area contributed by atoms with Crippen LogP contribution in [0.3, 0.4) is 0 Å². The predicted molar refractivity (Wildman–Crippen MR) is 105 cm³/mol. The molecular formula is C20H34N4O. The van der Waals surface area contributed by atoms with Gasteiger partial charge in [0.2, 0.25) is 0 Å². The second kappa shape index (κ2) is 11.1. The summed E-state index contributed by atoms with van der Waals surface area (Å²) in [5.41, 5.74) is 2.62. The number of guanidine groups is 1. The van der Waals surface area contributed by atoms with Crippen LogP contribution in [0.2, 0.25) is 0 Å². The molecule has 5 nitrogen and oxygen atoms in total. The van der Waals surface area contributed by atoms with E-state index in [4.69, 9.17) is 4.74 Å². The molecule has 1 aromatic carbocycles. The van der Waals surface area contributed by atoms with E-state index in [1.165, 1.54) is 24.0 Å². The lowest BCUT2D eigenvalue weighted by molar-refractivity contribution is 0.123. The zero-order chi connectivity index (χ0) is 17.9. The third-order valence-corrected chi connectivity index (χ3v) is 4.48. The van der Waals surface area contributed by atoms with Gasteiger partial charge in [0, 0.05) is 39.9 Å². The lowest BCUT2D eigenvalue weighted by Crippen LogP contribution is -2.37. The number of ether oxygens (including phenoxy) is 1. The number of rotatable bonds is 11. The maximum Gasteiger partial charge on any atom is 0.191 e. The molecule has 2 rings (SSSR count). The Balaban J connectivity index is 1.64. The third kappa shape index (κ3) is 8.36. The second-order valence-electron chi connectivity index (χ2n) is 6.87. The Kier molecular flexibility index (Phi) is 8.77. The maximum atomic E-state index is 5.65. The first-order valence-electron chi connectivity index (χ1n) is 9.50. The molecule has 1 aliphatic rings. The average Bonchev–Trinajstić information content (AvgIpc) is 3.45. The van der Waals surface area contributed by atoms with Gasteiger partial charge in [0.25, 0.3) is 0 Å². The Bertz CT molecular complexity index is 528. The van der Waals surface area contributed by atoms with Gasteiger partial charge in [0.15, 0.2) is 5.96 Å². The molecule has 0 atom stereocenters. The second-order valence-corrected chi connectivity index (χ2v) is 6.87. The van der Waals surface area contributed by atoms with Gasteiger partial charge in [-0.1, -0.05) is 31.2 Å². The van der Waals surface area contributed by atoms with Crippen LogP contribution in [0, 0.1) is 5.92 Å². The minimum Gasteiger partial charge on any atom is -0.381 e. The zero-order valence-electron chi connectivity index (χ0n) is 16.1. The van der Waals surface area contributed by atoms with E-state index >= 15 is 0 Å². The van der Waals surface area contributed by atoms with Crippen molar-refractivity contribution in [3.8, 4) is 0 Å². The van der Waals surface area contributed by atoms with Crippen molar-refractivity contribution in [2.75, 3.05) is 40.4 Å². The summed E-state index contributed by atoms with van der Waals surface area (Å²) in [5, 5.41) is 6.73. The fourth-order valence-electron chi connectivity index (χ4n) is 2.58. The van der Waals surface area contributed by atoms with E-state index in [1.54, 1.807) is 0 Å². The van der Waals surface area contributed by atoms with E-state index in [-0.39, 0.29) is 0 Å². The highest BCUT2D eigenvalue weighted by Crippen LogP contribution is 2.28. The van der Waals surface area contributed by atoms with Crippen LogP contribution in [0.5, 0.6) is 0 Å². The Morgan fingerprint density at radius 2 is 2.08 bits per heavy atom. The van der Waals surface area contributed by atoms with Crippen molar-refractivity contribution in [1.82, 2.24) is 15.5 Å². The molecule has 0 aromatic heterocycles. The molecule has 5 heteroatoms. The topological polar surface area (TPSA) is 48.9 Å². The number of hydrogen-bond donors (Lipinski definition) is 2. The van der Waals surface area contributed by atoms with Gasteiger partial charge in [0.05, 0.1) is 0 Å². The highest BCUT2D eigenvalue weighted by Gasteiger charge is 2.20. The number of nitrogens with zero attached hydrogens (tertiary/aromatic N) is 2. The Morgan fingerprint density at radius 3 is 2.80 bits per heavy atom. The van der Waals surface area contributed by atoms with Crippen LogP contribution < -0.4 is 10.6 Å². The molecule has 1 fully saturated rings. The molecule has 0 unspecified atom stereocenters. The molecule has 140 valence electrons. The Morgan fingerprint density at radius 1 is 1.28 bits per heavy atom. The first-order valence-corrected chi connectivity index (χ1v) is 9.50. The summed E-state index contributed by atoms with van der Waals surface area (Å²) in [6.07, 6.45) is 3.71. The number of benzene rings is 1. The van der Waals surface area contributed by atoms with Gasteiger partial charge < -0.3 is 20.3 Å². The predicted octanol–water partition coefficient (Wildman–Crippen LogP) is 2.62. The van der Waals surface area contributed by atoms with E-state index in [0.717, 1.165) is 57.7 Å². The molecule has 1 aliphatic carbocycles. The summed E-state index contributed by atoms with van der Waals surface area (Å²) in [6.45, 7) is 7.65. The molecule has 0 saturated heterocycles. The summed E-state index contributed by atoms with van der Waals surface area (Å²) < 4.78 is 5.65. The lowest BCUT2D eigenvalue weighted by Gasteiger charge is -2.15. The van der Waals surface area contributed by atoms with Crippen molar-refractivity contribution in [2.24, 2.45) is 10.9 Å². The summed E-state index contributed by atoms with van der Waals surface area (Å²) in [5.74, 6) is 1.69. The van der Waals surface area contributed by atoms with Crippen LogP contribution in [0.1, 0.15) is 37.3 Å². The molecule has 1 saturated carbocycles. The average molecular weight is 347 g/mol. The van der Waals surface area contributed by atoms with Gasteiger partial charge >= 0.3 is 0 Å². The standard InChI is InChI=1S/C20H34N4O/c1-4-24(3)15-19-8-5-7-18(13-19)14-23-20(21-2)22-11-6-12-25-16-17-9-10-17/h5,7-8,13,17H,4,6,9-12,14-16H2,1-3H3,(H2,21,22,23). The van der Waals surface area contributed by atoms with Gasteiger partial charge in [-0.3, -0.25) is 4.99 Å². The van der Waals surface area contributed by atoms with Crippen LogP contribution >= 0.6 is 0 Å². The number of nitrogens with one attached hydrogen (secondary N) is 2. The molecule has 0 spiro atoms. The van der Waals surface area contributed by atoms with Crippen LogP contribution in [0.15, 0.2) is 29.3 Å². The molecule has 0 bridgehead atoms. The van der Waals surface area contributed by atoms with Gasteiger partial charge in [-0.2, -0.15) is 0 Å². The number of hydrogen-bond acceptors (Lipinski definition) is 3. The summed E-state index contributed by atoms with van der Waals surface area (Å²) >= 11 is 0. The summed E-state index contributed by atoms with van der Waals surface area (Å²) in [6, 6.07) is 8.73. The first-order chi connectivity index (χ1) is 12.2. The first kappa shape index (κ1) is 19.7. The Hall–Kier alpha value is -1.59. The monoisotopic (exact) mass is 346 g/mol. The molecule has 0 heterocycles. The van der Waals surface area contributed by atoms with Gasteiger partial charge in [-0.05, 0) is 49.9 Å². The summed E-state index contributed by atoms with van der Waals surface area (Å²) in [7, 11) is 3.95. The van der Waals surface area contributed by atoms with Crippen molar-refractivity contribution in [1.29, 1.82) is 0 Å². The zero-order valence-corrected chi connectivity index (χ0v) is 16.1. The molecule has 25 heavy (non-hydrogen) atoms. The quantitative estimate of drug-likeness (QED) is 0.367. The van der Waals surface area contributed by atoms with Crippen LogP contribution in [-0.4, -0.2) is 51.3 Å². The van der Waals surface area contributed by atoms with E-state index in [1.807, 2.05) is 7.05 Å². The highest BCUT2D eigenvalue weighted by molar-refractivity contribution is 5.79. The smallest absolute Gasteiger partial charge is 0.191 e. The van der Waals surface area contributed by atoms with Crippen LogP contribution in [-0.2, 0) is 17.8 Å². The largest absolute Gasteiger partial charge is 0.381 e. The highest BCUT2D eigenvalue weighted by atomic mass is 16.5. The minimum atomic E-state index is 0.779. The maximum absolute atomic E-state index is 5.65. The molecule has 0 aliphatic heterocycles. The number of aliphatic imine (C=N–C) groups is 1. The normalized spacial score (nSPS) is 14.8. The van der Waals surface area contributed by atoms with Gasteiger partial charge in [-0.25, -0.2) is 0 Å². The molecule has 0 amide bonds. The van der Waals surface area contributed by atoms with E-state index in [2.05, 4.69) is 58.8 Å².